The molecule has 0 unspecified atom stereocenters. The maximum absolute atomic E-state index is 12.4. The van der Waals surface area contributed by atoms with Crippen LogP contribution < -0.4 is 25.0 Å². The Balaban J connectivity index is 1.51. The molecular formula is C19H25N5O4. The van der Waals surface area contributed by atoms with E-state index in [9.17, 15) is 4.79 Å². The summed E-state index contributed by atoms with van der Waals surface area (Å²) >= 11 is 0. The van der Waals surface area contributed by atoms with Crippen molar-refractivity contribution in [1.82, 2.24) is 15.5 Å². The molecule has 1 saturated heterocycles. The fraction of sp³-hybridized carbons (Fsp3) is 0.421. The highest BCUT2D eigenvalue weighted by molar-refractivity contribution is 5.97. The number of carbonyl (C=O) groups is 1. The van der Waals surface area contributed by atoms with Crippen molar-refractivity contribution in [1.29, 1.82) is 0 Å². The van der Waals surface area contributed by atoms with Gasteiger partial charge in [0.2, 0.25) is 0 Å². The van der Waals surface area contributed by atoms with Crippen molar-refractivity contribution >= 4 is 17.4 Å². The van der Waals surface area contributed by atoms with Gasteiger partial charge in [-0.2, -0.15) is 5.10 Å². The summed E-state index contributed by atoms with van der Waals surface area (Å²) in [5.41, 5.74) is 1.43. The first-order valence-electron chi connectivity index (χ1n) is 9.11. The van der Waals surface area contributed by atoms with Crippen LogP contribution in [0, 0.1) is 0 Å². The summed E-state index contributed by atoms with van der Waals surface area (Å²) in [4.78, 5) is 14.7. The van der Waals surface area contributed by atoms with E-state index in [4.69, 9.17) is 14.2 Å². The molecule has 2 heterocycles. The van der Waals surface area contributed by atoms with Crippen LogP contribution in [0.1, 0.15) is 10.4 Å². The van der Waals surface area contributed by atoms with Crippen LogP contribution in [0.4, 0.5) is 11.5 Å². The van der Waals surface area contributed by atoms with E-state index < -0.39 is 0 Å². The lowest BCUT2D eigenvalue weighted by Crippen LogP contribution is -2.36. The Hall–Kier alpha value is -3.07. The van der Waals surface area contributed by atoms with E-state index in [0.717, 1.165) is 18.8 Å². The summed E-state index contributed by atoms with van der Waals surface area (Å²) in [5, 5.41) is 14.2. The second-order valence-electron chi connectivity index (χ2n) is 6.12. The van der Waals surface area contributed by atoms with Crippen molar-refractivity contribution in [2.45, 2.75) is 0 Å². The zero-order valence-corrected chi connectivity index (χ0v) is 16.1. The van der Waals surface area contributed by atoms with Crippen LogP contribution >= 0.6 is 0 Å². The summed E-state index contributed by atoms with van der Waals surface area (Å²) in [7, 11) is 3.05. The summed E-state index contributed by atoms with van der Waals surface area (Å²) in [5.74, 6) is 1.37. The molecule has 1 amide bonds. The lowest BCUT2D eigenvalue weighted by molar-refractivity contribution is 0.0951. The molecule has 1 fully saturated rings. The molecule has 9 nitrogen and oxygen atoms in total. The molecule has 0 saturated carbocycles. The van der Waals surface area contributed by atoms with Gasteiger partial charge >= 0.3 is 0 Å². The van der Waals surface area contributed by atoms with Gasteiger partial charge in [0.25, 0.3) is 5.91 Å². The average Bonchev–Trinajstić information content (AvgIpc) is 2.76. The highest BCUT2D eigenvalue weighted by atomic mass is 16.5. The Morgan fingerprint density at radius 1 is 1.21 bits per heavy atom. The fourth-order valence-electron chi connectivity index (χ4n) is 2.97. The summed E-state index contributed by atoms with van der Waals surface area (Å²) in [6.45, 7) is 4.03. The van der Waals surface area contributed by atoms with E-state index in [-0.39, 0.29) is 5.91 Å². The van der Waals surface area contributed by atoms with Crippen molar-refractivity contribution in [3.8, 4) is 11.5 Å². The van der Waals surface area contributed by atoms with Gasteiger partial charge in [0.1, 0.15) is 0 Å². The van der Waals surface area contributed by atoms with Gasteiger partial charge in [-0.3, -0.25) is 4.79 Å². The number of benzene rings is 1. The third kappa shape index (κ3) is 4.80. The third-order valence-corrected chi connectivity index (χ3v) is 4.38. The number of carbonyl (C=O) groups excluding carboxylic acids is 1. The number of nitrogens with zero attached hydrogens (tertiary/aromatic N) is 3. The van der Waals surface area contributed by atoms with Crippen molar-refractivity contribution in [2.24, 2.45) is 0 Å². The predicted molar refractivity (Wildman–Crippen MR) is 105 cm³/mol. The molecule has 1 aromatic heterocycles. The van der Waals surface area contributed by atoms with Gasteiger partial charge in [-0.15, -0.1) is 5.10 Å². The lowest BCUT2D eigenvalue weighted by Gasteiger charge is -2.28. The maximum atomic E-state index is 12.4. The molecule has 0 aliphatic carbocycles. The van der Waals surface area contributed by atoms with Crippen molar-refractivity contribution in [3.63, 3.8) is 0 Å². The fourth-order valence-corrected chi connectivity index (χ4v) is 2.97. The highest BCUT2D eigenvalue weighted by Gasteiger charge is 2.16. The lowest BCUT2D eigenvalue weighted by atomic mass is 10.1. The van der Waals surface area contributed by atoms with E-state index in [1.54, 1.807) is 24.4 Å². The highest BCUT2D eigenvalue weighted by Crippen LogP contribution is 2.30. The van der Waals surface area contributed by atoms with Gasteiger partial charge in [0.05, 0.1) is 44.9 Å². The number of ether oxygens (including phenoxy) is 3. The third-order valence-electron chi connectivity index (χ3n) is 4.38. The van der Waals surface area contributed by atoms with Gasteiger partial charge in [-0.1, -0.05) is 6.07 Å². The molecule has 0 radical (unpaired) electrons. The van der Waals surface area contributed by atoms with Crippen LogP contribution in [0.2, 0.25) is 0 Å². The maximum Gasteiger partial charge on any atom is 0.255 e. The van der Waals surface area contributed by atoms with Gasteiger partial charge in [-0.05, 0) is 12.1 Å². The van der Waals surface area contributed by atoms with Crippen LogP contribution in [0.5, 0.6) is 11.5 Å². The smallest absolute Gasteiger partial charge is 0.255 e. The Morgan fingerprint density at radius 2 is 2.04 bits per heavy atom. The quantitative estimate of drug-likeness (QED) is 0.652. The van der Waals surface area contributed by atoms with E-state index in [1.807, 2.05) is 6.07 Å². The van der Waals surface area contributed by atoms with Crippen molar-refractivity contribution in [3.05, 3.63) is 36.0 Å². The Bertz CT molecular complexity index is 796. The van der Waals surface area contributed by atoms with E-state index in [1.165, 1.54) is 14.2 Å². The first kappa shape index (κ1) is 19.7. The Morgan fingerprint density at radius 3 is 2.79 bits per heavy atom. The number of amides is 1. The molecule has 1 aliphatic heterocycles. The normalized spacial score (nSPS) is 13.7. The molecule has 2 N–H and O–H groups in total. The minimum absolute atomic E-state index is 0.231. The number of morpholine rings is 1. The topological polar surface area (TPSA) is 97.8 Å². The number of anilines is 2. The molecular weight excluding hydrogens is 362 g/mol. The van der Waals surface area contributed by atoms with Crippen LogP contribution in [-0.2, 0) is 4.74 Å². The number of rotatable bonds is 8. The molecule has 0 atom stereocenters. The first-order chi connectivity index (χ1) is 13.7. The molecule has 0 bridgehead atoms. The predicted octanol–water partition coefficient (Wildman–Crippen LogP) is 1.17. The average molecular weight is 387 g/mol. The number of methoxy groups -OCH3 is 2. The molecule has 1 aromatic carbocycles. The van der Waals surface area contributed by atoms with E-state index >= 15 is 0 Å². The summed E-state index contributed by atoms with van der Waals surface area (Å²) in [6, 6.07) is 7.14. The zero-order valence-electron chi connectivity index (χ0n) is 16.1. The van der Waals surface area contributed by atoms with E-state index in [2.05, 4.69) is 25.7 Å². The number of aromatic nitrogens is 2. The Labute approximate surface area is 164 Å². The number of nitrogens with one attached hydrogen (secondary N) is 2. The van der Waals surface area contributed by atoms with Crippen LogP contribution in [0.15, 0.2) is 30.5 Å². The van der Waals surface area contributed by atoms with Gasteiger partial charge < -0.3 is 29.7 Å². The standard InChI is InChI=1S/C19H25N5O4/c1-26-16-5-3-4-15(18(16)27-2)19(25)21-7-6-20-17-12-14(13-22-23-17)24-8-10-28-11-9-24/h3-5,12-13H,6-11H2,1-2H3,(H,20,23)(H,21,25). The molecule has 28 heavy (non-hydrogen) atoms. The molecule has 3 rings (SSSR count). The van der Waals surface area contributed by atoms with Gasteiger partial charge in [-0.25, -0.2) is 0 Å². The minimum atomic E-state index is -0.231. The zero-order chi connectivity index (χ0) is 19.8. The summed E-state index contributed by atoms with van der Waals surface area (Å²) < 4.78 is 15.9. The second kappa shape index (κ2) is 9.75. The van der Waals surface area contributed by atoms with Gasteiger partial charge in [0, 0.05) is 32.2 Å². The monoisotopic (exact) mass is 387 g/mol. The number of para-hydroxylation sites is 1. The molecule has 9 heteroatoms. The largest absolute Gasteiger partial charge is 0.493 e. The minimum Gasteiger partial charge on any atom is -0.493 e. The molecule has 150 valence electrons. The molecule has 1 aliphatic rings. The number of hydrogen-bond donors (Lipinski definition) is 2. The van der Waals surface area contributed by atoms with Crippen LogP contribution in [0.3, 0.4) is 0 Å². The van der Waals surface area contributed by atoms with Crippen molar-refractivity contribution < 1.29 is 19.0 Å². The second-order valence-corrected chi connectivity index (χ2v) is 6.12. The first-order valence-corrected chi connectivity index (χ1v) is 9.11. The molecule has 2 aromatic rings. The number of hydrogen-bond acceptors (Lipinski definition) is 8. The van der Waals surface area contributed by atoms with Crippen LogP contribution in [-0.4, -0.2) is 69.7 Å². The van der Waals surface area contributed by atoms with Crippen LogP contribution in [0.25, 0.3) is 0 Å². The van der Waals surface area contributed by atoms with E-state index in [0.29, 0.717) is 49.2 Å². The van der Waals surface area contributed by atoms with Gasteiger partial charge in [0.15, 0.2) is 17.3 Å². The summed E-state index contributed by atoms with van der Waals surface area (Å²) in [6.07, 6.45) is 1.74. The Kier molecular flexibility index (Phi) is 6.85. The SMILES string of the molecule is COc1cccc(C(=O)NCCNc2cc(N3CCOCC3)cnn2)c1OC. The van der Waals surface area contributed by atoms with Crippen molar-refractivity contribution in [2.75, 3.05) is 63.8 Å². The molecule has 0 spiro atoms.